The Morgan fingerprint density at radius 2 is 1.50 bits per heavy atom. The summed E-state index contributed by atoms with van der Waals surface area (Å²) >= 11 is 0. The Kier molecular flexibility index (Phi) is 22.1. The Labute approximate surface area is 364 Å². The fourth-order valence-corrected chi connectivity index (χ4v) is 9.36. The van der Waals surface area contributed by atoms with Crippen molar-refractivity contribution in [2.75, 3.05) is 48.5 Å². The van der Waals surface area contributed by atoms with Crippen LogP contribution in [0, 0.1) is 40.9 Å². The number of nitrogens with zero attached hydrogens (tertiary/aromatic N) is 3. The molecule has 0 unspecified atom stereocenters. The number of ketones is 2. The molecule has 60 heavy (non-hydrogen) atoms. The molecular weight excluding hydrogens is 757 g/mol. The molecule has 1 fully saturated rings. The van der Waals surface area contributed by atoms with E-state index in [4.69, 9.17) is 9.47 Å². The van der Waals surface area contributed by atoms with Gasteiger partial charge in [-0.25, -0.2) is 0 Å². The summed E-state index contributed by atoms with van der Waals surface area (Å²) in [6.45, 7) is 21.7. The molecule has 1 saturated heterocycles. The van der Waals surface area contributed by atoms with Gasteiger partial charge in [-0.05, 0) is 74.9 Å². The van der Waals surface area contributed by atoms with Crippen LogP contribution in [0.25, 0.3) is 0 Å². The topological polar surface area (TPSA) is 126 Å². The summed E-state index contributed by atoms with van der Waals surface area (Å²) in [6, 6.07) is 8.76. The number of rotatable bonds is 26. The lowest BCUT2D eigenvalue weighted by Crippen LogP contribution is -2.54. The first-order chi connectivity index (χ1) is 28.1. The lowest BCUT2D eigenvalue weighted by molar-refractivity contribution is -0.149. The van der Waals surface area contributed by atoms with Gasteiger partial charge in [0.05, 0.1) is 36.8 Å². The van der Waals surface area contributed by atoms with E-state index >= 15 is 0 Å². The van der Waals surface area contributed by atoms with E-state index in [1.807, 2.05) is 88.8 Å². The Morgan fingerprint density at radius 1 is 0.867 bits per heavy atom. The third-order valence-corrected chi connectivity index (χ3v) is 13.0. The summed E-state index contributed by atoms with van der Waals surface area (Å²) in [4.78, 5) is 75.6. The Bertz CT molecular complexity index is 1480. The zero-order valence-corrected chi connectivity index (χ0v) is 40.2. The molecule has 0 radical (unpaired) electrons. The summed E-state index contributed by atoms with van der Waals surface area (Å²) in [5.74, 6) is -1.93. The average Bonchev–Trinajstić information content (AvgIpc) is 3.67. The molecule has 0 saturated carbocycles. The van der Waals surface area contributed by atoms with Crippen LogP contribution >= 0.6 is 0 Å². The first-order valence-electron chi connectivity index (χ1n) is 22.7. The number of hydrogen-bond donors (Lipinski definition) is 1. The van der Waals surface area contributed by atoms with Gasteiger partial charge in [-0.3, -0.25) is 28.9 Å². The van der Waals surface area contributed by atoms with Crippen molar-refractivity contribution in [3.63, 3.8) is 0 Å². The van der Waals surface area contributed by atoms with Crippen LogP contribution in [-0.4, -0.2) is 123 Å². The van der Waals surface area contributed by atoms with Gasteiger partial charge in [0.1, 0.15) is 5.78 Å². The number of ether oxygens (including phenoxy) is 2. The van der Waals surface area contributed by atoms with E-state index in [0.717, 1.165) is 31.2 Å². The van der Waals surface area contributed by atoms with Crippen molar-refractivity contribution in [2.24, 2.45) is 40.9 Å². The minimum absolute atomic E-state index is 0.00339. The SMILES string of the molecule is CC[C@H](C)[C@@H]([C@@H](CC(=O)N1CCC[C@H]1[C@H](OC)[C@@H](C)C(=O)C[C@@H](Cc1ccccc1)C(=O)NCCCC(C)(C)C)OC)N(C)C(=O)[C@@H](CC(=O)[C@H](C(C)C)N(C)C)C(C)C. The smallest absolute Gasteiger partial charge is 0.226 e. The number of carbonyl (C=O) groups excluding carboxylic acids is 5. The number of nitrogens with one attached hydrogen (secondary N) is 1. The van der Waals surface area contributed by atoms with E-state index in [9.17, 15) is 24.0 Å². The Hall–Kier alpha value is -3.15. The van der Waals surface area contributed by atoms with Gasteiger partial charge in [-0.1, -0.05) is 106 Å². The fourth-order valence-electron chi connectivity index (χ4n) is 9.36. The first kappa shape index (κ1) is 53.0. The molecule has 3 amide bonds. The normalized spacial score (nSPS) is 18.8. The van der Waals surface area contributed by atoms with Crippen molar-refractivity contribution in [3.05, 3.63) is 35.9 Å². The standard InChI is InChI=1S/C49H84N4O7/c1-16-34(6)45(52(13)48(58)38(32(2)3)30-41(55)44(33(4)5)51(11)12)42(59-14)31-43(56)53-27-20-24-39(53)46(60-15)35(7)40(54)29-37(28-36-22-18-17-19-23-36)47(57)50-26-21-25-49(8,9)10/h17-19,22-23,32-35,37-39,42,44-46H,16,20-21,24-31H2,1-15H3,(H,50,57)/t34-,35-,37+,38-,39-,42+,44-,45-,46+/m0/s1. The van der Waals surface area contributed by atoms with Crippen molar-refractivity contribution in [1.82, 2.24) is 20.0 Å². The summed E-state index contributed by atoms with van der Waals surface area (Å²) in [5.41, 5.74) is 1.17. The molecule has 0 aliphatic carbocycles. The number of likely N-dealkylation sites (tertiary alicyclic amines) is 1. The van der Waals surface area contributed by atoms with Crippen LogP contribution in [0.2, 0.25) is 0 Å². The Morgan fingerprint density at radius 3 is 2.02 bits per heavy atom. The molecule has 0 bridgehead atoms. The predicted octanol–water partition coefficient (Wildman–Crippen LogP) is 7.48. The van der Waals surface area contributed by atoms with Gasteiger partial charge in [0.15, 0.2) is 5.78 Å². The molecule has 0 spiro atoms. The summed E-state index contributed by atoms with van der Waals surface area (Å²) in [7, 11) is 8.77. The van der Waals surface area contributed by atoms with Gasteiger partial charge in [0.2, 0.25) is 17.7 Å². The molecule has 1 aliphatic rings. The van der Waals surface area contributed by atoms with E-state index < -0.39 is 36.0 Å². The molecule has 1 aromatic carbocycles. The fraction of sp³-hybridized carbons (Fsp3) is 0.776. The molecule has 1 aromatic rings. The monoisotopic (exact) mass is 841 g/mol. The third kappa shape index (κ3) is 15.6. The second-order valence-corrected chi connectivity index (χ2v) is 19.8. The molecule has 0 aromatic heterocycles. The second-order valence-electron chi connectivity index (χ2n) is 19.8. The van der Waals surface area contributed by atoms with E-state index in [1.54, 1.807) is 26.2 Å². The molecule has 2 rings (SSSR count). The van der Waals surface area contributed by atoms with Crippen molar-refractivity contribution in [2.45, 2.75) is 157 Å². The van der Waals surface area contributed by atoms with Crippen LogP contribution in [0.4, 0.5) is 0 Å². The van der Waals surface area contributed by atoms with Crippen LogP contribution in [-0.2, 0) is 39.9 Å². The molecule has 342 valence electrons. The average molecular weight is 841 g/mol. The number of likely N-dealkylation sites (N-methyl/N-ethyl adjacent to an activating group) is 2. The van der Waals surface area contributed by atoms with E-state index in [2.05, 4.69) is 39.9 Å². The number of Topliss-reactive ketones (excluding diaryl/α,β-unsaturated/α-hetero) is 2. The van der Waals surface area contributed by atoms with Crippen LogP contribution in [0.1, 0.15) is 126 Å². The van der Waals surface area contributed by atoms with Gasteiger partial charge in [-0.2, -0.15) is 0 Å². The van der Waals surface area contributed by atoms with Crippen LogP contribution in [0.5, 0.6) is 0 Å². The molecule has 9 atom stereocenters. The maximum Gasteiger partial charge on any atom is 0.226 e. The highest BCUT2D eigenvalue weighted by atomic mass is 16.5. The minimum atomic E-state index is -0.600. The lowest BCUT2D eigenvalue weighted by atomic mass is 9.83. The number of hydrogen-bond acceptors (Lipinski definition) is 8. The van der Waals surface area contributed by atoms with E-state index in [0.29, 0.717) is 25.9 Å². The van der Waals surface area contributed by atoms with Crippen molar-refractivity contribution in [3.8, 4) is 0 Å². The van der Waals surface area contributed by atoms with Gasteiger partial charge in [-0.15, -0.1) is 0 Å². The quantitative estimate of drug-likeness (QED) is 0.0953. The zero-order valence-electron chi connectivity index (χ0n) is 40.2. The predicted molar refractivity (Wildman–Crippen MR) is 241 cm³/mol. The molecule has 11 heteroatoms. The lowest BCUT2D eigenvalue weighted by Gasteiger charge is -2.41. The highest BCUT2D eigenvalue weighted by Crippen LogP contribution is 2.32. The zero-order chi connectivity index (χ0) is 45.5. The van der Waals surface area contributed by atoms with Gasteiger partial charge in [0, 0.05) is 65.0 Å². The number of amides is 3. The number of benzene rings is 1. The molecule has 1 heterocycles. The summed E-state index contributed by atoms with van der Waals surface area (Å²) < 4.78 is 12.2. The maximum absolute atomic E-state index is 14.4. The highest BCUT2D eigenvalue weighted by molar-refractivity contribution is 5.90. The molecule has 1 N–H and O–H groups in total. The summed E-state index contributed by atoms with van der Waals surface area (Å²) in [5, 5.41) is 3.10. The van der Waals surface area contributed by atoms with Gasteiger partial charge >= 0.3 is 0 Å². The van der Waals surface area contributed by atoms with Crippen molar-refractivity contribution >= 4 is 29.3 Å². The van der Waals surface area contributed by atoms with Crippen molar-refractivity contribution < 1.29 is 33.4 Å². The van der Waals surface area contributed by atoms with Crippen LogP contribution in [0.3, 0.4) is 0 Å². The van der Waals surface area contributed by atoms with Gasteiger partial charge in [0.25, 0.3) is 0 Å². The largest absolute Gasteiger partial charge is 0.379 e. The third-order valence-electron chi connectivity index (χ3n) is 13.0. The van der Waals surface area contributed by atoms with Crippen LogP contribution < -0.4 is 5.32 Å². The maximum atomic E-state index is 14.4. The summed E-state index contributed by atoms with van der Waals surface area (Å²) in [6.07, 6.45) is 3.60. The van der Waals surface area contributed by atoms with Crippen LogP contribution in [0.15, 0.2) is 30.3 Å². The van der Waals surface area contributed by atoms with E-state index in [-0.39, 0.29) is 83.8 Å². The minimum Gasteiger partial charge on any atom is -0.379 e. The number of carbonyl (C=O) groups is 5. The molecule has 1 aliphatic heterocycles. The number of methoxy groups -OCH3 is 2. The van der Waals surface area contributed by atoms with E-state index in [1.165, 1.54) is 0 Å². The molecular formula is C49H84N4O7. The van der Waals surface area contributed by atoms with Gasteiger partial charge < -0.3 is 24.6 Å². The molecule has 11 nitrogen and oxygen atoms in total. The Balaban J connectivity index is 2.29. The second kappa shape index (κ2) is 25.1. The first-order valence-corrected chi connectivity index (χ1v) is 22.7. The highest BCUT2D eigenvalue weighted by Gasteiger charge is 2.43. The van der Waals surface area contributed by atoms with Crippen molar-refractivity contribution in [1.29, 1.82) is 0 Å².